The summed E-state index contributed by atoms with van der Waals surface area (Å²) >= 11 is 0. The standard InChI is InChI=1S/C22H24FNO5S/c1-15-8-9-19(12-16(15)2)30(27,28)22(10-3-4-11-22)21(26)29-14-20(25)24-18-7-5-6-17(23)13-18/h5-9,12-13H,3-4,10-11,14H2,1-2H3,(H,24,25). The molecule has 2 aromatic rings. The minimum absolute atomic E-state index is 0.0775. The fraction of sp³-hybridized carbons (Fsp3) is 0.364. The number of nitrogens with one attached hydrogen (secondary N) is 1. The molecule has 0 spiro atoms. The van der Waals surface area contributed by atoms with Gasteiger partial charge >= 0.3 is 5.97 Å². The Morgan fingerprint density at radius 1 is 1.07 bits per heavy atom. The minimum Gasteiger partial charge on any atom is -0.454 e. The van der Waals surface area contributed by atoms with Crippen molar-refractivity contribution in [1.29, 1.82) is 0 Å². The molecule has 0 bridgehead atoms. The van der Waals surface area contributed by atoms with Gasteiger partial charge in [-0.3, -0.25) is 9.59 Å². The van der Waals surface area contributed by atoms with Crippen LogP contribution < -0.4 is 5.32 Å². The van der Waals surface area contributed by atoms with Crippen LogP contribution in [0, 0.1) is 19.7 Å². The van der Waals surface area contributed by atoms with Crippen molar-refractivity contribution in [1.82, 2.24) is 0 Å². The molecule has 1 aliphatic rings. The number of carbonyl (C=O) groups is 2. The Kier molecular flexibility index (Phi) is 6.26. The van der Waals surface area contributed by atoms with E-state index in [2.05, 4.69) is 5.32 Å². The van der Waals surface area contributed by atoms with Crippen LogP contribution >= 0.6 is 0 Å². The number of esters is 1. The van der Waals surface area contributed by atoms with E-state index in [4.69, 9.17) is 4.74 Å². The zero-order valence-electron chi connectivity index (χ0n) is 16.9. The van der Waals surface area contributed by atoms with Crippen molar-refractivity contribution < 1.29 is 27.1 Å². The van der Waals surface area contributed by atoms with Gasteiger partial charge in [0.15, 0.2) is 21.2 Å². The van der Waals surface area contributed by atoms with E-state index >= 15 is 0 Å². The monoisotopic (exact) mass is 433 g/mol. The number of hydrogen-bond acceptors (Lipinski definition) is 5. The van der Waals surface area contributed by atoms with Crippen LogP contribution in [0.4, 0.5) is 10.1 Å². The third-order valence-electron chi connectivity index (χ3n) is 5.53. The fourth-order valence-electron chi connectivity index (χ4n) is 3.66. The Hall–Kier alpha value is -2.74. The summed E-state index contributed by atoms with van der Waals surface area (Å²) in [5.41, 5.74) is 1.98. The molecule has 3 rings (SSSR count). The Balaban J connectivity index is 1.77. The van der Waals surface area contributed by atoms with Crippen molar-refractivity contribution in [3.8, 4) is 0 Å². The first kappa shape index (κ1) is 22.0. The Labute approximate surface area is 175 Å². The number of carbonyl (C=O) groups excluding carboxylic acids is 2. The lowest BCUT2D eigenvalue weighted by atomic mass is 10.1. The molecule has 0 saturated heterocycles. The van der Waals surface area contributed by atoms with Gasteiger partial charge in [0.1, 0.15) is 5.82 Å². The number of sulfone groups is 1. The molecule has 30 heavy (non-hydrogen) atoms. The number of hydrogen-bond donors (Lipinski definition) is 1. The summed E-state index contributed by atoms with van der Waals surface area (Å²) in [4.78, 5) is 25.1. The Bertz CT molecular complexity index is 1070. The molecule has 0 unspecified atom stereocenters. The fourth-order valence-corrected chi connectivity index (χ4v) is 5.80. The van der Waals surface area contributed by atoms with Crippen LogP contribution in [0.25, 0.3) is 0 Å². The van der Waals surface area contributed by atoms with Crippen LogP contribution in [0.2, 0.25) is 0 Å². The van der Waals surface area contributed by atoms with E-state index < -0.39 is 38.9 Å². The Morgan fingerprint density at radius 2 is 1.77 bits per heavy atom. The van der Waals surface area contributed by atoms with Crippen LogP contribution in [0.3, 0.4) is 0 Å². The molecule has 1 amide bonds. The molecule has 8 heteroatoms. The molecule has 6 nitrogen and oxygen atoms in total. The lowest BCUT2D eigenvalue weighted by molar-refractivity contribution is -0.149. The molecule has 2 aromatic carbocycles. The molecule has 1 N–H and O–H groups in total. The largest absolute Gasteiger partial charge is 0.454 e. The average molecular weight is 434 g/mol. The first-order chi connectivity index (χ1) is 14.2. The third kappa shape index (κ3) is 4.23. The topological polar surface area (TPSA) is 89.5 Å². The van der Waals surface area contributed by atoms with E-state index in [1.807, 2.05) is 13.8 Å². The van der Waals surface area contributed by atoms with Gasteiger partial charge in [0.05, 0.1) is 4.90 Å². The van der Waals surface area contributed by atoms with Gasteiger partial charge < -0.3 is 10.1 Å². The zero-order valence-corrected chi connectivity index (χ0v) is 17.7. The zero-order chi connectivity index (χ0) is 21.9. The van der Waals surface area contributed by atoms with E-state index in [0.29, 0.717) is 12.8 Å². The highest BCUT2D eigenvalue weighted by molar-refractivity contribution is 7.93. The average Bonchev–Trinajstić information content (AvgIpc) is 3.20. The highest BCUT2D eigenvalue weighted by atomic mass is 32.2. The third-order valence-corrected chi connectivity index (χ3v) is 8.01. The number of benzene rings is 2. The van der Waals surface area contributed by atoms with Crippen LogP contribution in [0.1, 0.15) is 36.8 Å². The van der Waals surface area contributed by atoms with Crippen LogP contribution in [0.15, 0.2) is 47.4 Å². The number of halogens is 1. The van der Waals surface area contributed by atoms with Gasteiger partial charge in [-0.2, -0.15) is 0 Å². The first-order valence-corrected chi connectivity index (χ1v) is 11.2. The summed E-state index contributed by atoms with van der Waals surface area (Å²) < 4.78 is 43.4. The summed E-state index contributed by atoms with van der Waals surface area (Å²) in [6.07, 6.45) is 1.45. The second kappa shape index (κ2) is 8.55. The SMILES string of the molecule is Cc1ccc(S(=O)(=O)C2(C(=O)OCC(=O)Nc3cccc(F)c3)CCCC2)cc1C. The van der Waals surface area contributed by atoms with Crippen molar-refractivity contribution >= 4 is 27.4 Å². The van der Waals surface area contributed by atoms with Crippen LogP contribution in [-0.2, 0) is 24.2 Å². The van der Waals surface area contributed by atoms with E-state index in [9.17, 15) is 22.4 Å². The van der Waals surface area contributed by atoms with E-state index in [1.165, 1.54) is 24.3 Å². The predicted molar refractivity (Wildman–Crippen MR) is 110 cm³/mol. The second-order valence-electron chi connectivity index (χ2n) is 7.59. The second-order valence-corrected chi connectivity index (χ2v) is 9.85. The van der Waals surface area contributed by atoms with Crippen molar-refractivity contribution in [2.45, 2.75) is 49.2 Å². The van der Waals surface area contributed by atoms with Crippen LogP contribution in [0.5, 0.6) is 0 Å². The lowest BCUT2D eigenvalue weighted by Crippen LogP contribution is -2.46. The number of anilines is 1. The van der Waals surface area contributed by atoms with E-state index in [0.717, 1.165) is 17.2 Å². The van der Waals surface area contributed by atoms with Crippen molar-refractivity contribution in [2.24, 2.45) is 0 Å². The van der Waals surface area contributed by atoms with Crippen LogP contribution in [-0.4, -0.2) is 31.6 Å². The first-order valence-electron chi connectivity index (χ1n) is 9.70. The maximum Gasteiger partial charge on any atom is 0.328 e. The minimum atomic E-state index is -4.01. The molecule has 0 atom stereocenters. The molecule has 0 radical (unpaired) electrons. The predicted octanol–water partition coefficient (Wildman–Crippen LogP) is 3.71. The normalized spacial score (nSPS) is 15.6. The molecular weight excluding hydrogens is 409 g/mol. The number of amides is 1. The molecule has 160 valence electrons. The number of aryl methyl sites for hydroxylation is 2. The molecule has 0 aliphatic heterocycles. The molecule has 0 aromatic heterocycles. The van der Waals surface area contributed by atoms with Crippen molar-refractivity contribution in [3.63, 3.8) is 0 Å². The number of ether oxygens (including phenoxy) is 1. The lowest BCUT2D eigenvalue weighted by Gasteiger charge is -2.26. The molecule has 1 fully saturated rings. The summed E-state index contributed by atoms with van der Waals surface area (Å²) in [5, 5.41) is 2.42. The van der Waals surface area contributed by atoms with Gasteiger partial charge in [-0.15, -0.1) is 0 Å². The summed E-state index contributed by atoms with van der Waals surface area (Å²) in [6, 6.07) is 10.1. The van der Waals surface area contributed by atoms with Crippen molar-refractivity contribution in [3.05, 3.63) is 59.4 Å². The quantitative estimate of drug-likeness (QED) is 0.702. The van der Waals surface area contributed by atoms with Gasteiger partial charge in [0.25, 0.3) is 5.91 Å². The maximum atomic E-state index is 13.4. The smallest absolute Gasteiger partial charge is 0.328 e. The van der Waals surface area contributed by atoms with E-state index in [1.54, 1.807) is 12.1 Å². The molecule has 0 heterocycles. The highest BCUT2D eigenvalue weighted by Crippen LogP contribution is 2.41. The van der Waals surface area contributed by atoms with Gasteiger partial charge in [-0.05, 0) is 68.1 Å². The maximum absolute atomic E-state index is 13.4. The number of rotatable bonds is 6. The van der Waals surface area contributed by atoms with Gasteiger partial charge in [-0.25, -0.2) is 12.8 Å². The van der Waals surface area contributed by atoms with Gasteiger partial charge in [0.2, 0.25) is 0 Å². The van der Waals surface area contributed by atoms with Gasteiger partial charge in [0, 0.05) is 5.69 Å². The Morgan fingerprint density at radius 3 is 2.40 bits per heavy atom. The summed E-state index contributed by atoms with van der Waals surface area (Å²) in [6.45, 7) is 3.03. The van der Waals surface area contributed by atoms with Gasteiger partial charge in [-0.1, -0.05) is 25.0 Å². The van der Waals surface area contributed by atoms with Crippen molar-refractivity contribution in [2.75, 3.05) is 11.9 Å². The molecular formula is C22H24FNO5S. The van der Waals surface area contributed by atoms with E-state index in [-0.39, 0.29) is 23.4 Å². The summed E-state index contributed by atoms with van der Waals surface area (Å²) in [7, 11) is -4.01. The summed E-state index contributed by atoms with van der Waals surface area (Å²) in [5.74, 6) is -2.12. The highest BCUT2D eigenvalue weighted by Gasteiger charge is 2.54. The molecule has 1 saturated carbocycles. The molecule has 1 aliphatic carbocycles.